The predicted molar refractivity (Wildman–Crippen MR) is 64.4 cm³/mol. The second-order valence-corrected chi connectivity index (χ2v) is 5.19. The van der Waals surface area contributed by atoms with E-state index >= 15 is 0 Å². The monoisotopic (exact) mass is 294 g/mol. The molecule has 0 aromatic heterocycles. The van der Waals surface area contributed by atoms with E-state index in [1.54, 1.807) is 13.8 Å². The van der Waals surface area contributed by atoms with Crippen LogP contribution in [0.5, 0.6) is 0 Å². The van der Waals surface area contributed by atoms with Gasteiger partial charge in [-0.1, -0.05) is 29.8 Å². The summed E-state index contributed by atoms with van der Waals surface area (Å²) in [6.07, 6.45) is 0.352. The van der Waals surface area contributed by atoms with Gasteiger partial charge in [-0.25, -0.2) is 9.59 Å². The average molecular weight is 295 g/mol. The van der Waals surface area contributed by atoms with Crippen molar-refractivity contribution >= 4 is 27.9 Å². The number of ether oxygens (including phenoxy) is 2. The first-order valence-electron chi connectivity index (χ1n) is 5.41. The first kappa shape index (κ1) is 15.4. The number of hydrogen-bond donors (Lipinski definition) is 0. The summed E-state index contributed by atoms with van der Waals surface area (Å²) in [5, 5.41) is 0. The van der Waals surface area contributed by atoms with Crippen LogP contribution in [-0.4, -0.2) is 29.5 Å². The maximum absolute atomic E-state index is 11.7. The second-order valence-electron chi connectivity index (χ2n) is 3.84. The molecule has 0 atom stereocenters. The average Bonchev–Trinajstić information content (AvgIpc) is 2.17. The highest BCUT2D eigenvalue weighted by Gasteiger charge is 2.46. The highest BCUT2D eigenvalue weighted by atomic mass is 79.9. The fraction of sp³-hybridized carbons (Fsp3) is 0.818. The van der Waals surface area contributed by atoms with Crippen molar-refractivity contribution in [3.63, 3.8) is 0 Å². The number of esters is 2. The lowest BCUT2D eigenvalue weighted by Gasteiger charge is -2.24. The number of halogens is 1. The standard InChI is InChI=1S/C11H19BrO4/c1-5-15-9(13)11(12,7-8(3)4)10(14)16-6-2/h8H,5-7H2,1-4H3. The van der Waals surface area contributed by atoms with Crippen molar-refractivity contribution in [1.29, 1.82) is 0 Å². The van der Waals surface area contributed by atoms with Gasteiger partial charge in [0.1, 0.15) is 0 Å². The van der Waals surface area contributed by atoms with Crippen LogP contribution >= 0.6 is 15.9 Å². The molecular weight excluding hydrogens is 276 g/mol. The lowest BCUT2D eigenvalue weighted by atomic mass is 9.97. The molecule has 4 nitrogen and oxygen atoms in total. The maximum Gasteiger partial charge on any atom is 0.334 e. The van der Waals surface area contributed by atoms with Crippen molar-refractivity contribution in [2.24, 2.45) is 5.92 Å². The van der Waals surface area contributed by atoms with Crippen LogP contribution in [0.4, 0.5) is 0 Å². The van der Waals surface area contributed by atoms with E-state index in [0.717, 1.165) is 0 Å². The number of rotatable bonds is 6. The molecule has 5 heteroatoms. The van der Waals surface area contributed by atoms with Crippen molar-refractivity contribution < 1.29 is 19.1 Å². The third-order valence-electron chi connectivity index (χ3n) is 1.89. The Hall–Kier alpha value is -0.580. The molecule has 0 heterocycles. The van der Waals surface area contributed by atoms with Crippen LogP contribution < -0.4 is 0 Å². The van der Waals surface area contributed by atoms with Gasteiger partial charge in [0.05, 0.1) is 13.2 Å². The fourth-order valence-corrected chi connectivity index (χ4v) is 2.18. The Morgan fingerprint density at radius 1 is 1.12 bits per heavy atom. The van der Waals surface area contributed by atoms with Crippen molar-refractivity contribution in [3.05, 3.63) is 0 Å². The zero-order valence-corrected chi connectivity index (χ0v) is 11.8. The molecular formula is C11H19BrO4. The van der Waals surface area contributed by atoms with Crippen molar-refractivity contribution in [2.75, 3.05) is 13.2 Å². The van der Waals surface area contributed by atoms with E-state index in [4.69, 9.17) is 9.47 Å². The summed E-state index contributed by atoms with van der Waals surface area (Å²) in [5.74, 6) is -0.988. The summed E-state index contributed by atoms with van der Waals surface area (Å²) in [6.45, 7) is 7.73. The van der Waals surface area contributed by atoms with Gasteiger partial charge >= 0.3 is 11.9 Å². The Balaban J connectivity index is 4.86. The summed E-state index contributed by atoms with van der Waals surface area (Å²) >= 11 is 3.17. The summed E-state index contributed by atoms with van der Waals surface area (Å²) in [7, 11) is 0. The Morgan fingerprint density at radius 3 is 1.75 bits per heavy atom. The summed E-state index contributed by atoms with van der Waals surface area (Å²) in [4.78, 5) is 23.5. The zero-order chi connectivity index (χ0) is 12.8. The molecule has 0 rings (SSSR count). The molecule has 94 valence electrons. The molecule has 0 bridgehead atoms. The molecule has 0 fully saturated rings. The Labute approximate surface area is 105 Å². The number of alkyl halides is 1. The van der Waals surface area contributed by atoms with Gasteiger partial charge in [-0.2, -0.15) is 0 Å². The van der Waals surface area contributed by atoms with Crippen LogP contribution in [0.25, 0.3) is 0 Å². The van der Waals surface area contributed by atoms with Gasteiger partial charge in [-0.3, -0.25) is 0 Å². The molecule has 0 amide bonds. The summed E-state index contributed by atoms with van der Waals surface area (Å²) in [6, 6.07) is 0. The van der Waals surface area contributed by atoms with Crippen LogP contribution in [-0.2, 0) is 19.1 Å². The molecule has 0 aliphatic carbocycles. The Kier molecular flexibility index (Phi) is 6.64. The Morgan fingerprint density at radius 2 is 1.50 bits per heavy atom. The van der Waals surface area contributed by atoms with E-state index in [1.807, 2.05) is 13.8 Å². The smallest absolute Gasteiger partial charge is 0.334 e. The molecule has 0 aliphatic heterocycles. The molecule has 0 radical (unpaired) electrons. The topological polar surface area (TPSA) is 52.6 Å². The maximum atomic E-state index is 11.7. The summed E-state index contributed by atoms with van der Waals surface area (Å²) in [5.41, 5.74) is 0. The van der Waals surface area contributed by atoms with Crippen LogP contribution in [0.3, 0.4) is 0 Å². The highest BCUT2D eigenvalue weighted by Crippen LogP contribution is 2.30. The van der Waals surface area contributed by atoms with Gasteiger partial charge < -0.3 is 9.47 Å². The number of carbonyl (C=O) groups excluding carboxylic acids is 2. The minimum Gasteiger partial charge on any atom is -0.465 e. The number of hydrogen-bond acceptors (Lipinski definition) is 4. The zero-order valence-electron chi connectivity index (χ0n) is 10.2. The number of carbonyl (C=O) groups is 2. The first-order valence-corrected chi connectivity index (χ1v) is 6.21. The molecule has 0 spiro atoms. The first-order chi connectivity index (χ1) is 7.38. The predicted octanol–water partition coefficient (Wildman–Crippen LogP) is 2.29. The van der Waals surface area contributed by atoms with Gasteiger partial charge in [-0.15, -0.1) is 0 Å². The minimum absolute atomic E-state index is 0.174. The third kappa shape index (κ3) is 4.12. The van der Waals surface area contributed by atoms with E-state index in [-0.39, 0.29) is 19.1 Å². The van der Waals surface area contributed by atoms with Crippen LogP contribution in [0.15, 0.2) is 0 Å². The van der Waals surface area contributed by atoms with Crippen LogP contribution in [0, 0.1) is 5.92 Å². The lowest BCUT2D eigenvalue weighted by molar-refractivity contribution is -0.159. The molecule has 0 unspecified atom stereocenters. The van der Waals surface area contributed by atoms with E-state index < -0.39 is 16.3 Å². The van der Waals surface area contributed by atoms with Crippen LogP contribution in [0.2, 0.25) is 0 Å². The summed E-state index contributed by atoms with van der Waals surface area (Å²) < 4.78 is 8.41. The van der Waals surface area contributed by atoms with Gasteiger partial charge in [0, 0.05) is 0 Å². The molecule has 0 saturated heterocycles. The van der Waals surface area contributed by atoms with Crippen LogP contribution in [0.1, 0.15) is 34.1 Å². The van der Waals surface area contributed by atoms with Crippen molar-refractivity contribution in [1.82, 2.24) is 0 Å². The fourth-order valence-electron chi connectivity index (χ4n) is 1.30. The van der Waals surface area contributed by atoms with Gasteiger partial charge in [0.2, 0.25) is 4.32 Å². The molecule has 0 saturated carbocycles. The molecule has 0 aromatic rings. The van der Waals surface area contributed by atoms with Gasteiger partial charge in [-0.05, 0) is 26.2 Å². The Bertz CT molecular complexity index is 232. The van der Waals surface area contributed by atoms with E-state index in [0.29, 0.717) is 6.42 Å². The highest BCUT2D eigenvalue weighted by molar-refractivity contribution is 9.10. The van der Waals surface area contributed by atoms with Gasteiger partial charge in [0.15, 0.2) is 0 Å². The molecule has 16 heavy (non-hydrogen) atoms. The third-order valence-corrected chi connectivity index (χ3v) is 2.86. The normalized spacial score (nSPS) is 11.4. The quantitative estimate of drug-likeness (QED) is 0.428. The van der Waals surface area contributed by atoms with Crippen molar-refractivity contribution in [3.8, 4) is 0 Å². The SMILES string of the molecule is CCOC(=O)C(Br)(CC(C)C)C(=O)OCC. The van der Waals surface area contributed by atoms with E-state index in [1.165, 1.54) is 0 Å². The second kappa shape index (κ2) is 6.89. The van der Waals surface area contributed by atoms with Crippen molar-refractivity contribution in [2.45, 2.75) is 38.4 Å². The van der Waals surface area contributed by atoms with E-state index in [9.17, 15) is 9.59 Å². The van der Waals surface area contributed by atoms with Gasteiger partial charge in [0.25, 0.3) is 0 Å². The minimum atomic E-state index is -1.37. The molecule has 0 aromatic carbocycles. The molecule has 0 aliphatic rings. The van der Waals surface area contributed by atoms with E-state index in [2.05, 4.69) is 15.9 Å². The lowest BCUT2D eigenvalue weighted by Crippen LogP contribution is -2.44. The largest absolute Gasteiger partial charge is 0.465 e. The molecule has 0 N–H and O–H groups in total.